The van der Waals surface area contributed by atoms with Crippen LogP contribution in [0.1, 0.15) is 6.85 Å². The Morgan fingerprint density at radius 1 is 0.737 bits per heavy atom. The van der Waals surface area contributed by atoms with E-state index in [2.05, 4.69) is 0 Å². The Morgan fingerprint density at radius 3 is 2.42 bits per heavy atom. The van der Waals surface area contributed by atoms with Gasteiger partial charge in [0.2, 0.25) is 0 Å². The first-order valence-corrected chi connectivity index (χ1v) is 5.97. The number of rotatable bonds is 1. The molecule has 1 heteroatoms. The highest BCUT2D eigenvalue weighted by Crippen LogP contribution is 2.31. The Morgan fingerprint density at radius 2 is 1.53 bits per heavy atom. The van der Waals surface area contributed by atoms with Gasteiger partial charge in [-0.15, -0.1) is 0 Å². The number of hydrogen-bond acceptors (Lipinski definition) is 1. The van der Waals surface area contributed by atoms with Gasteiger partial charge in [-0.3, -0.25) is 0 Å². The van der Waals surface area contributed by atoms with Crippen molar-refractivity contribution < 1.29 is 11.3 Å². The Bertz CT molecular complexity index is 1080. The summed E-state index contributed by atoms with van der Waals surface area (Å²) in [5, 5.41) is 1.79. The predicted molar refractivity (Wildman–Crippen MR) is 79.2 cm³/mol. The average Bonchev–Trinajstić information content (AvgIpc) is 2.96. The van der Waals surface area contributed by atoms with Gasteiger partial charge in [-0.1, -0.05) is 54.5 Å². The molecule has 1 heterocycles. The molecular formula is C18H12O. The Balaban J connectivity index is 2.06. The summed E-state index contributed by atoms with van der Waals surface area (Å²) in [7, 11) is 0. The maximum Gasteiger partial charge on any atom is 0.135 e. The predicted octanol–water partition coefficient (Wildman–Crippen LogP) is 5.25. The molecule has 0 aliphatic rings. The smallest absolute Gasteiger partial charge is 0.135 e. The van der Waals surface area contributed by atoms with Crippen LogP contribution < -0.4 is 0 Å². The molecule has 0 saturated heterocycles. The van der Waals surface area contributed by atoms with Gasteiger partial charge in [-0.2, -0.15) is 0 Å². The van der Waals surface area contributed by atoms with E-state index in [-0.39, 0.29) is 35.8 Å². The van der Waals surface area contributed by atoms with Gasteiger partial charge in [0.25, 0.3) is 0 Å². The maximum absolute atomic E-state index is 8.11. The molecule has 0 saturated carbocycles. The lowest BCUT2D eigenvalue weighted by Gasteiger charge is -2.00. The van der Waals surface area contributed by atoms with Crippen LogP contribution in [0.4, 0.5) is 0 Å². The van der Waals surface area contributed by atoms with E-state index in [0.717, 1.165) is 16.4 Å². The summed E-state index contributed by atoms with van der Waals surface area (Å²) < 4.78 is 45.3. The van der Waals surface area contributed by atoms with Crippen LogP contribution in [0, 0.1) is 0 Å². The lowest BCUT2D eigenvalue weighted by Crippen LogP contribution is -1.76. The van der Waals surface area contributed by atoms with Crippen LogP contribution in [0.5, 0.6) is 0 Å². The summed E-state index contributed by atoms with van der Waals surface area (Å²) in [6.07, 6.45) is 0. The molecule has 0 atom stereocenters. The van der Waals surface area contributed by atoms with E-state index in [0.29, 0.717) is 11.1 Å². The van der Waals surface area contributed by atoms with Gasteiger partial charge >= 0.3 is 0 Å². The fourth-order valence-corrected chi connectivity index (χ4v) is 2.28. The van der Waals surface area contributed by atoms with Crippen molar-refractivity contribution in [2.75, 3.05) is 0 Å². The topological polar surface area (TPSA) is 13.1 Å². The molecule has 0 N–H and O–H groups in total. The average molecular weight is 249 g/mol. The molecule has 0 spiro atoms. The molecule has 3 aromatic carbocycles. The zero-order valence-electron chi connectivity index (χ0n) is 14.9. The second-order valence-corrected chi connectivity index (χ2v) is 4.31. The van der Waals surface area contributed by atoms with Crippen molar-refractivity contribution in [3.05, 3.63) is 72.7 Å². The van der Waals surface area contributed by atoms with Crippen molar-refractivity contribution >= 4 is 21.9 Å². The van der Waals surface area contributed by atoms with Crippen molar-refractivity contribution in [1.82, 2.24) is 0 Å². The molecule has 4 rings (SSSR count). The minimum atomic E-state index is -0.386. The van der Waals surface area contributed by atoms with Crippen LogP contribution in [0.3, 0.4) is 0 Å². The van der Waals surface area contributed by atoms with Gasteiger partial charge in [0.1, 0.15) is 11.2 Å². The zero-order chi connectivity index (χ0) is 17.0. The first kappa shape index (κ1) is 6.58. The van der Waals surface area contributed by atoms with Crippen molar-refractivity contribution in [2.45, 2.75) is 0 Å². The van der Waals surface area contributed by atoms with E-state index in [1.807, 2.05) is 30.3 Å². The quantitative estimate of drug-likeness (QED) is 0.449. The second-order valence-electron chi connectivity index (χ2n) is 4.31. The minimum absolute atomic E-state index is 0.201. The third-order valence-electron chi connectivity index (χ3n) is 3.17. The van der Waals surface area contributed by atoms with E-state index < -0.39 is 0 Å². The Hall–Kier alpha value is -2.54. The molecule has 0 bridgehead atoms. The van der Waals surface area contributed by atoms with E-state index in [1.165, 1.54) is 0 Å². The van der Waals surface area contributed by atoms with E-state index >= 15 is 0 Å². The lowest BCUT2D eigenvalue weighted by molar-refractivity contribution is 0.669. The standard InChI is InChI=1S/C18H12O/c1-2-6-13(7-3-1)14-10-11-18-16(12-14)15-8-4-5-9-17(15)19-18/h1-12H/i1D,2D,3D,6D,7D. The maximum atomic E-state index is 8.11. The molecule has 1 aromatic heterocycles. The van der Waals surface area contributed by atoms with Crippen LogP contribution in [0.2, 0.25) is 0 Å². The molecule has 0 radical (unpaired) electrons. The first-order chi connectivity index (χ1) is 11.5. The molecule has 19 heavy (non-hydrogen) atoms. The largest absolute Gasteiger partial charge is 0.456 e. The Labute approximate surface area is 118 Å². The highest BCUT2D eigenvalue weighted by atomic mass is 16.3. The van der Waals surface area contributed by atoms with Gasteiger partial charge < -0.3 is 4.42 Å². The summed E-state index contributed by atoms with van der Waals surface area (Å²) >= 11 is 0. The normalized spacial score (nSPS) is 14.8. The van der Waals surface area contributed by atoms with Gasteiger partial charge in [-0.25, -0.2) is 0 Å². The molecular weight excluding hydrogens is 232 g/mol. The molecule has 1 nitrogen and oxygen atoms in total. The molecule has 0 aliphatic carbocycles. The third-order valence-corrected chi connectivity index (χ3v) is 3.17. The summed E-state index contributed by atoms with van der Waals surface area (Å²) in [5.41, 5.74) is 2.23. The molecule has 0 amide bonds. The number of furan rings is 1. The van der Waals surface area contributed by atoms with Crippen LogP contribution in [-0.2, 0) is 0 Å². The minimum Gasteiger partial charge on any atom is -0.456 e. The van der Waals surface area contributed by atoms with E-state index in [4.69, 9.17) is 11.3 Å². The highest BCUT2D eigenvalue weighted by molar-refractivity contribution is 6.06. The van der Waals surface area contributed by atoms with Crippen molar-refractivity contribution in [3.63, 3.8) is 0 Å². The number of hydrogen-bond donors (Lipinski definition) is 0. The van der Waals surface area contributed by atoms with Gasteiger partial charge in [-0.05, 0) is 29.3 Å². The van der Waals surface area contributed by atoms with Crippen molar-refractivity contribution in [2.24, 2.45) is 0 Å². The zero-order valence-corrected chi connectivity index (χ0v) is 9.95. The van der Waals surface area contributed by atoms with Gasteiger partial charge in [0, 0.05) is 10.8 Å². The fourth-order valence-electron chi connectivity index (χ4n) is 2.28. The molecule has 90 valence electrons. The number of fused-ring (bicyclic) bond motifs is 3. The Kier molecular flexibility index (Phi) is 1.38. The molecule has 0 fully saturated rings. The summed E-state index contributed by atoms with van der Waals surface area (Å²) in [6.45, 7) is 0. The molecule has 0 unspecified atom stereocenters. The first-order valence-electron chi connectivity index (χ1n) is 8.47. The molecule has 0 aliphatic heterocycles. The number of benzene rings is 3. The van der Waals surface area contributed by atoms with E-state index in [1.54, 1.807) is 12.1 Å². The number of para-hydroxylation sites is 1. The monoisotopic (exact) mass is 249 g/mol. The third kappa shape index (κ3) is 1.63. The summed E-state index contributed by atoms with van der Waals surface area (Å²) in [4.78, 5) is 0. The highest BCUT2D eigenvalue weighted by Gasteiger charge is 2.07. The van der Waals surface area contributed by atoms with Crippen LogP contribution in [0.15, 0.2) is 77.1 Å². The van der Waals surface area contributed by atoms with Crippen LogP contribution in [-0.4, -0.2) is 0 Å². The van der Waals surface area contributed by atoms with Crippen LogP contribution in [0.25, 0.3) is 33.1 Å². The summed E-state index contributed by atoms with van der Waals surface area (Å²) in [6, 6.07) is 11.5. The van der Waals surface area contributed by atoms with Gasteiger partial charge in [0.15, 0.2) is 0 Å². The van der Waals surface area contributed by atoms with Crippen molar-refractivity contribution in [1.29, 1.82) is 0 Å². The fraction of sp³-hybridized carbons (Fsp3) is 0. The van der Waals surface area contributed by atoms with Gasteiger partial charge in [0.05, 0.1) is 6.85 Å². The second kappa shape index (κ2) is 3.99. The van der Waals surface area contributed by atoms with E-state index in [9.17, 15) is 0 Å². The summed E-state index contributed by atoms with van der Waals surface area (Å²) in [5.74, 6) is 0. The molecule has 4 aromatic rings. The lowest BCUT2D eigenvalue weighted by atomic mass is 10.0. The van der Waals surface area contributed by atoms with Crippen LogP contribution >= 0.6 is 0 Å². The SMILES string of the molecule is [2H]c1c([2H])c([2H])c(-c2ccc3oc4ccccc4c3c2)c([2H])c1[2H]. The van der Waals surface area contributed by atoms with Crippen molar-refractivity contribution in [3.8, 4) is 11.1 Å².